The van der Waals surface area contributed by atoms with Crippen molar-refractivity contribution in [2.24, 2.45) is 17.8 Å². The van der Waals surface area contributed by atoms with E-state index in [9.17, 15) is 33.1 Å². The highest BCUT2D eigenvalue weighted by molar-refractivity contribution is 5.82. The Morgan fingerprint density at radius 3 is 2.33 bits per heavy atom. The Labute approximate surface area is 284 Å². The second-order valence-electron chi connectivity index (χ2n) is 14.5. The fraction of sp³-hybridized carbons (Fsp3) is 0.595. The maximum absolute atomic E-state index is 14.8. The normalized spacial score (nSPS) is 32.9. The van der Waals surface area contributed by atoms with Crippen molar-refractivity contribution in [2.75, 3.05) is 51.8 Å². The number of likely N-dealkylation sites (tertiary alicyclic amines) is 2. The molecule has 2 aromatic carbocycles. The molecule has 5 aliphatic rings. The lowest BCUT2D eigenvalue weighted by atomic mass is 9.64. The number of fused-ring (bicyclic) bond motifs is 6. The largest absolute Gasteiger partial charge is 0.497 e. The van der Waals surface area contributed by atoms with Gasteiger partial charge in [-0.15, -0.1) is 0 Å². The number of nitrogens with zero attached hydrogens (tertiary/aromatic N) is 4. The molecule has 1 N–H and O–H groups in total. The summed E-state index contributed by atoms with van der Waals surface area (Å²) in [6.45, 7) is 1.97. The number of halogens is 3. The number of ether oxygens (including phenoxy) is 2. The van der Waals surface area contributed by atoms with E-state index in [2.05, 4.69) is 11.0 Å². The summed E-state index contributed by atoms with van der Waals surface area (Å²) in [7, 11) is 3.37. The SMILES string of the molecule is COc1ccc([C@@H]2CN([C@H]3CC[C@H](OC)CC3)C[C@H]2C(=O)N2CC3[C@H](C2)c2ccc(C(F)(F)F)cc2N2CCC(C(=O)O)C[C@@]32C#N)cc1. The molecule has 49 heavy (non-hydrogen) atoms. The number of carboxylic acid groups (broad SMARTS) is 1. The summed E-state index contributed by atoms with van der Waals surface area (Å²) in [5.74, 6) is -2.39. The summed E-state index contributed by atoms with van der Waals surface area (Å²) in [4.78, 5) is 32.9. The molecule has 1 saturated carbocycles. The maximum Gasteiger partial charge on any atom is 0.416 e. The number of amides is 1. The lowest BCUT2D eigenvalue weighted by Crippen LogP contribution is -2.62. The molecule has 0 radical (unpaired) electrons. The summed E-state index contributed by atoms with van der Waals surface area (Å²) in [5.41, 5.74) is -0.107. The Morgan fingerprint density at radius 1 is 0.959 bits per heavy atom. The topological polar surface area (TPSA) is 106 Å². The lowest BCUT2D eigenvalue weighted by Gasteiger charge is -2.54. The number of nitriles is 1. The number of carbonyl (C=O) groups is 2. The van der Waals surface area contributed by atoms with Gasteiger partial charge in [-0.25, -0.2) is 0 Å². The first-order valence-electron chi connectivity index (χ1n) is 17.3. The van der Waals surface area contributed by atoms with E-state index in [-0.39, 0.29) is 56.3 Å². The molecule has 12 heteroatoms. The van der Waals surface area contributed by atoms with E-state index in [0.717, 1.165) is 55.7 Å². The Kier molecular flexibility index (Phi) is 8.80. The first kappa shape index (κ1) is 33.7. The van der Waals surface area contributed by atoms with Crippen molar-refractivity contribution in [3.05, 3.63) is 59.2 Å². The molecular weight excluding hydrogens is 637 g/mol. The van der Waals surface area contributed by atoms with Gasteiger partial charge in [-0.05, 0) is 73.9 Å². The molecule has 262 valence electrons. The minimum absolute atomic E-state index is 0.00640. The Hall–Kier alpha value is -3.82. The van der Waals surface area contributed by atoms with Crippen LogP contribution in [0.3, 0.4) is 0 Å². The highest BCUT2D eigenvalue weighted by Gasteiger charge is 2.60. The van der Waals surface area contributed by atoms with Crippen molar-refractivity contribution in [3.8, 4) is 11.8 Å². The fourth-order valence-corrected chi connectivity index (χ4v) is 9.66. The minimum atomic E-state index is -4.58. The Bertz CT molecular complexity index is 1620. The van der Waals surface area contributed by atoms with Crippen LogP contribution < -0.4 is 9.64 Å². The molecule has 6 atom stereocenters. The summed E-state index contributed by atoms with van der Waals surface area (Å²) in [6, 6.07) is 14.3. The van der Waals surface area contributed by atoms with Crippen LogP contribution >= 0.6 is 0 Å². The lowest BCUT2D eigenvalue weighted by molar-refractivity contribution is -0.143. The third kappa shape index (κ3) is 5.82. The highest BCUT2D eigenvalue weighted by Crippen LogP contribution is 2.56. The summed E-state index contributed by atoms with van der Waals surface area (Å²) in [5, 5.41) is 20.8. The van der Waals surface area contributed by atoms with Crippen LogP contribution in [-0.2, 0) is 20.5 Å². The van der Waals surface area contributed by atoms with Gasteiger partial charge in [0.15, 0.2) is 0 Å². The molecule has 2 unspecified atom stereocenters. The van der Waals surface area contributed by atoms with E-state index < -0.39 is 41.0 Å². The van der Waals surface area contributed by atoms with E-state index in [1.165, 1.54) is 6.07 Å². The zero-order valence-electron chi connectivity index (χ0n) is 27.9. The van der Waals surface area contributed by atoms with Crippen LogP contribution in [0.2, 0.25) is 0 Å². The second-order valence-corrected chi connectivity index (χ2v) is 14.5. The van der Waals surface area contributed by atoms with Gasteiger partial charge >= 0.3 is 12.1 Å². The number of aliphatic carboxylic acids is 1. The van der Waals surface area contributed by atoms with Crippen molar-refractivity contribution in [1.29, 1.82) is 5.26 Å². The molecular formula is C37H43F3N4O5. The van der Waals surface area contributed by atoms with Crippen LogP contribution in [0.5, 0.6) is 5.75 Å². The van der Waals surface area contributed by atoms with Gasteiger partial charge in [0, 0.05) is 69.3 Å². The van der Waals surface area contributed by atoms with Crippen LogP contribution in [-0.4, -0.2) is 91.4 Å². The molecule has 1 amide bonds. The number of alkyl halides is 3. The van der Waals surface area contributed by atoms with E-state index in [1.807, 2.05) is 29.2 Å². The predicted octanol–water partition coefficient (Wildman–Crippen LogP) is 5.51. The van der Waals surface area contributed by atoms with Crippen molar-refractivity contribution in [1.82, 2.24) is 9.80 Å². The fourth-order valence-electron chi connectivity index (χ4n) is 9.66. The van der Waals surface area contributed by atoms with E-state index in [4.69, 9.17) is 9.47 Å². The molecule has 7 rings (SSSR count). The number of rotatable bonds is 6. The summed E-state index contributed by atoms with van der Waals surface area (Å²) in [6.07, 6.45) is -0.183. The molecule has 3 saturated heterocycles. The van der Waals surface area contributed by atoms with E-state index in [0.29, 0.717) is 23.8 Å². The number of methoxy groups -OCH3 is 2. The number of anilines is 1. The predicted molar refractivity (Wildman–Crippen MR) is 174 cm³/mol. The van der Waals surface area contributed by atoms with Gasteiger partial charge in [0.05, 0.1) is 36.7 Å². The molecule has 0 bridgehead atoms. The van der Waals surface area contributed by atoms with Crippen LogP contribution in [0.4, 0.5) is 18.9 Å². The van der Waals surface area contributed by atoms with Crippen molar-refractivity contribution >= 4 is 17.6 Å². The van der Waals surface area contributed by atoms with Crippen LogP contribution in [0.25, 0.3) is 0 Å². The van der Waals surface area contributed by atoms with Crippen molar-refractivity contribution in [3.63, 3.8) is 0 Å². The van der Waals surface area contributed by atoms with Crippen LogP contribution in [0.1, 0.15) is 67.1 Å². The number of hydrogen-bond donors (Lipinski definition) is 1. The Morgan fingerprint density at radius 2 is 1.69 bits per heavy atom. The zero-order chi connectivity index (χ0) is 34.7. The van der Waals surface area contributed by atoms with E-state index in [1.54, 1.807) is 19.1 Å². The zero-order valence-corrected chi connectivity index (χ0v) is 27.9. The van der Waals surface area contributed by atoms with Crippen molar-refractivity contribution < 1.29 is 37.3 Å². The first-order valence-corrected chi connectivity index (χ1v) is 17.3. The van der Waals surface area contributed by atoms with Crippen LogP contribution in [0.15, 0.2) is 42.5 Å². The number of carboxylic acids is 1. The van der Waals surface area contributed by atoms with Crippen molar-refractivity contribution in [2.45, 2.75) is 74.2 Å². The molecule has 0 aromatic heterocycles. The standard InChI is InChI=1S/C37H43F3N4O5/c1-48-26-8-3-22(4-9-26)29-17-42(25-6-10-27(49-2)11-7-25)19-31(29)34(45)43-18-30-28-12-5-24(37(38,39)40)15-33(28)44-14-13-23(35(46)47)16-36(44,21-41)32(30)20-43/h3-5,8-9,12,15,23,25,27,29-32H,6-7,10-11,13-14,16-20H2,1-2H3,(H,46,47)/t23?,25-,27-,29-,30+,31+,32?,36+/m0/s1. The molecule has 4 fully saturated rings. The van der Waals surface area contributed by atoms with Gasteiger partial charge < -0.3 is 24.4 Å². The highest BCUT2D eigenvalue weighted by atomic mass is 19.4. The molecule has 9 nitrogen and oxygen atoms in total. The smallest absolute Gasteiger partial charge is 0.416 e. The average molecular weight is 681 g/mol. The molecule has 1 aliphatic carbocycles. The Balaban J connectivity index is 1.22. The van der Waals surface area contributed by atoms with Gasteiger partial charge in [0.2, 0.25) is 5.91 Å². The third-order valence-corrected chi connectivity index (χ3v) is 12.3. The third-order valence-electron chi connectivity index (χ3n) is 12.3. The van der Waals surface area contributed by atoms with Gasteiger partial charge in [0.1, 0.15) is 11.3 Å². The van der Waals surface area contributed by atoms with Gasteiger partial charge in [-0.3, -0.25) is 14.5 Å². The first-order chi connectivity index (χ1) is 23.5. The maximum atomic E-state index is 14.8. The summed E-state index contributed by atoms with van der Waals surface area (Å²) < 4.78 is 52.8. The number of hydrogen-bond acceptors (Lipinski definition) is 7. The van der Waals surface area contributed by atoms with Gasteiger partial charge in [-0.1, -0.05) is 18.2 Å². The second kappa shape index (κ2) is 12.8. The molecule has 0 spiro atoms. The number of benzene rings is 2. The van der Waals surface area contributed by atoms with Gasteiger partial charge in [-0.2, -0.15) is 18.4 Å². The summed E-state index contributed by atoms with van der Waals surface area (Å²) >= 11 is 0. The molecule has 4 aliphatic heterocycles. The number of piperidine rings is 1. The number of carbonyl (C=O) groups excluding carboxylic acids is 1. The van der Waals surface area contributed by atoms with Gasteiger partial charge in [0.25, 0.3) is 0 Å². The van der Waals surface area contributed by atoms with Crippen LogP contribution in [0, 0.1) is 29.1 Å². The van der Waals surface area contributed by atoms with E-state index >= 15 is 0 Å². The monoisotopic (exact) mass is 680 g/mol. The quantitative estimate of drug-likeness (QED) is 0.426. The average Bonchev–Trinajstić information content (AvgIpc) is 3.77. The molecule has 2 aromatic rings. The minimum Gasteiger partial charge on any atom is -0.497 e. The molecule has 4 heterocycles.